The standard InChI is InChI=1S/C21H31N3O3/c1-5-16(2)24-21(23-13-11-18-7-6-14-27-18)22-12-10-17-8-9-19(25-3)20(15-17)26-4/h6-9,14-16H,5,10-13H2,1-4H3,(H2,22,23,24). The number of hydrogen-bond acceptors (Lipinski definition) is 4. The zero-order valence-electron chi connectivity index (χ0n) is 16.7. The molecule has 6 heteroatoms. The predicted octanol–water partition coefficient (Wildman–Crippen LogP) is 3.42. The lowest BCUT2D eigenvalue weighted by Gasteiger charge is -2.17. The molecular weight excluding hydrogens is 342 g/mol. The molecule has 1 aromatic carbocycles. The normalized spacial score (nSPS) is 12.5. The van der Waals surface area contributed by atoms with E-state index in [1.807, 2.05) is 24.3 Å². The summed E-state index contributed by atoms with van der Waals surface area (Å²) in [7, 11) is 3.30. The molecule has 0 amide bonds. The van der Waals surface area contributed by atoms with Crippen LogP contribution in [0.1, 0.15) is 31.6 Å². The Labute approximate surface area is 162 Å². The number of aliphatic imine (C=N–C) groups is 1. The Morgan fingerprint density at radius 3 is 2.63 bits per heavy atom. The average Bonchev–Trinajstić information content (AvgIpc) is 3.21. The van der Waals surface area contributed by atoms with Crippen molar-refractivity contribution in [2.75, 3.05) is 27.3 Å². The Kier molecular flexibility index (Phi) is 8.55. The lowest BCUT2D eigenvalue weighted by molar-refractivity contribution is 0.354. The minimum absolute atomic E-state index is 0.362. The van der Waals surface area contributed by atoms with Gasteiger partial charge in [-0.1, -0.05) is 13.0 Å². The van der Waals surface area contributed by atoms with E-state index in [1.165, 1.54) is 5.56 Å². The predicted molar refractivity (Wildman–Crippen MR) is 109 cm³/mol. The van der Waals surface area contributed by atoms with Crippen LogP contribution in [-0.4, -0.2) is 39.3 Å². The van der Waals surface area contributed by atoms with E-state index in [-0.39, 0.29) is 0 Å². The van der Waals surface area contributed by atoms with E-state index in [1.54, 1.807) is 20.5 Å². The second-order valence-corrected chi connectivity index (χ2v) is 6.38. The number of benzene rings is 1. The number of hydrogen-bond donors (Lipinski definition) is 2. The summed E-state index contributed by atoms with van der Waals surface area (Å²) in [5.41, 5.74) is 1.18. The van der Waals surface area contributed by atoms with Gasteiger partial charge in [-0.15, -0.1) is 0 Å². The Bertz CT molecular complexity index is 699. The van der Waals surface area contributed by atoms with Crippen LogP contribution in [0.5, 0.6) is 11.5 Å². The van der Waals surface area contributed by atoms with Crippen molar-refractivity contribution in [2.24, 2.45) is 4.99 Å². The largest absolute Gasteiger partial charge is 0.493 e. The van der Waals surface area contributed by atoms with E-state index in [4.69, 9.17) is 13.9 Å². The van der Waals surface area contributed by atoms with Gasteiger partial charge in [-0.25, -0.2) is 0 Å². The van der Waals surface area contributed by atoms with Gasteiger partial charge in [0.1, 0.15) is 5.76 Å². The third kappa shape index (κ3) is 6.89. The summed E-state index contributed by atoms with van der Waals surface area (Å²) < 4.78 is 16.0. The van der Waals surface area contributed by atoms with Crippen molar-refractivity contribution in [3.05, 3.63) is 47.9 Å². The number of ether oxygens (including phenoxy) is 2. The van der Waals surface area contributed by atoms with Crippen molar-refractivity contribution in [3.63, 3.8) is 0 Å². The number of rotatable bonds is 10. The van der Waals surface area contributed by atoms with Gasteiger partial charge in [0.15, 0.2) is 17.5 Å². The van der Waals surface area contributed by atoms with E-state index in [0.717, 1.165) is 49.0 Å². The van der Waals surface area contributed by atoms with Gasteiger partial charge in [-0.2, -0.15) is 0 Å². The number of methoxy groups -OCH3 is 2. The van der Waals surface area contributed by atoms with E-state index in [0.29, 0.717) is 12.6 Å². The molecule has 1 atom stereocenters. The molecule has 0 fully saturated rings. The SMILES string of the molecule is CCC(C)NC(=NCCc1ccco1)NCCc1ccc(OC)c(OC)c1. The van der Waals surface area contributed by atoms with Gasteiger partial charge >= 0.3 is 0 Å². The molecule has 0 saturated carbocycles. The number of nitrogens with one attached hydrogen (secondary N) is 2. The highest BCUT2D eigenvalue weighted by molar-refractivity contribution is 5.80. The van der Waals surface area contributed by atoms with Crippen molar-refractivity contribution in [3.8, 4) is 11.5 Å². The maximum absolute atomic E-state index is 5.37. The van der Waals surface area contributed by atoms with Crippen LogP contribution < -0.4 is 20.1 Å². The zero-order chi connectivity index (χ0) is 19.5. The second-order valence-electron chi connectivity index (χ2n) is 6.38. The van der Waals surface area contributed by atoms with Crippen molar-refractivity contribution < 1.29 is 13.9 Å². The molecule has 0 aliphatic carbocycles. The Morgan fingerprint density at radius 2 is 1.96 bits per heavy atom. The minimum Gasteiger partial charge on any atom is -0.493 e. The molecule has 27 heavy (non-hydrogen) atoms. The lowest BCUT2D eigenvalue weighted by Crippen LogP contribution is -2.43. The first-order chi connectivity index (χ1) is 13.2. The molecule has 0 bridgehead atoms. The molecule has 2 N–H and O–H groups in total. The molecule has 2 aromatic rings. The molecule has 1 unspecified atom stereocenters. The number of furan rings is 1. The highest BCUT2D eigenvalue weighted by Crippen LogP contribution is 2.27. The Balaban J connectivity index is 1.90. The zero-order valence-corrected chi connectivity index (χ0v) is 16.7. The molecule has 2 rings (SSSR count). The fourth-order valence-electron chi connectivity index (χ4n) is 2.58. The van der Waals surface area contributed by atoms with E-state index in [9.17, 15) is 0 Å². The van der Waals surface area contributed by atoms with Crippen LogP contribution in [0.15, 0.2) is 46.0 Å². The lowest BCUT2D eigenvalue weighted by atomic mass is 10.1. The van der Waals surface area contributed by atoms with Gasteiger partial charge in [0.2, 0.25) is 0 Å². The maximum atomic E-state index is 5.37. The number of nitrogens with zero attached hydrogens (tertiary/aromatic N) is 1. The van der Waals surface area contributed by atoms with Gasteiger partial charge < -0.3 is 24.5 Å². The molecule has 1 heterocycles. The summed E-state index contributed by atoms with van der Waals surface area (Å²) in [5.74, 6) is 3.27. The second kappa shape index (κ2) is 11.2. The fraction of sp³-hybridized carbons (Fsp3) is 0.476. The summed E-state index contributed by atoms with van der Waals surface area (Å²) in [5, 5.41) is 6.85. The van der Waals surface area contributed by atoms with Gasteiger partial charge in [0.05, 0.1) is 20.5 Å². The van der Waals surface area contributed by atoms with Crippen molar-refractivity contribution in [2.45, 2.75) is 39.2 Å². The van der Waals surface area contributed by atoms with Crippen LogP contribution in [0, 0.1) is 0 Å². The van der Waals surface area contributed by atoms with E-state index in [2.05, 4.69) is 35.5 Å². The van der Waals surface area contributed by atoms with Crippen LogP contribution in [-0.2, 0) is 12.8 Å². The van der Waals surface area contributed by atoms with Crippen molar-refractivity contribution >= 4 is 5.96 Å². The molecule has 0 saturated heterocycles. The Hall–Kier alpha value is -2.63. The molecule has 148 valence electrons. The molecule has 1 aromatic heterocycles. The molecule has 0 aliphatic rings. The first kappa shape index (κ1) is 20.7. The average molecular weight is 373 g/mol. The van der Waals surface area contributed by atoms with Crippen LogP contribution in [0.4, 0.5) is 0 Å². The van der Waals surface area contributed by atoms with E-state index >= 15 is 0 Å². The summed E-state index contributed by atoms with van der Waals surface area (Å²) in [6.45, 7) is 5.76. The third-order valence-electron chi connectivity index (χ3n) is 4.36. The summed E-state index contributed by atoms with van der Waals surface area (Å²) in [6, 6.07) is 10.2. The molecular formula is C21H31N3O3. The van der Waals surface area contributed by atoms with Crippen molar-refractivity contribution in [1.82, 2.24) is 10.6 Å². The minimum atomic E-state index is 0.362. The van der Waals surface area contributed by atoms with Crippen LogP contribution in [0.25, 0.3) is 0 Å². The smallest absolute Gasteiger partial charge is 0.191 e. The molecule has 0 aliphatic heterocycles. The first-order valence-electron chi connectivity index (χ1n) is 9.44. The third-order valence-corrected chi connectivity index (χ3v) is 4.36. The van der Waals surface area contributed by atoms with E-state index < -0.39 is 0 Å². The highest BCUT2D eigenvalue weighted by Gasteiger charge is 2.06. The molecule has 6 nitrogen and oxygen atoms in total. The topological polar surface area (TPSA) is 68.0 Å². The highest BCUT2D eigenvalue weighted by atomic mass is 16.5. The van der Waals surface area contributed by atoms with Gasteiger partial charge in [-0.05, 0) is 49.6 Å². The van der Waals surface area contributed by atoms with Crippen molar-refractivity contribution in [1.29, 1.82) is 0 Å². The summed E-state index contributed by atoms with van der Waals surface area (Å²) in [4.78, 5) is 4.67. The molecule has 0 spiro atoms. The van der Waals surface area contributed by atoms with Crippen LogP contribution >= 0.6 is 0 Å². The quantitative estimate of drug-likeness (QED) is 0.493. The van der Waals surface area contributed by atoms with Gasteiger partial charge in [0, 0.05) is 25.6 Å². The van der Waals surface area contributed by atoms with Gasteiger partial charge in [-0.3, -0.25) is 4.99 Å². The maximum Gasteiger partial charge on any atom is 0.191 e. The monoisotopic (exact) mass is 373 g/mol. The number of guanidine groups is 1. The first-order valence-corrected chi connectivity index (χ1v) is 9.44. The molecule has 0 radical (unpaired) electrons. The summed E-state index contributed by atoms with van der Waals surface area (Å²) >= 11 is 0. The Morgan fingerprint density at radius 1 is 1.15 bits per heavy atom. The summed E-state index contributed by atoms with van der Waals surface area (Å²) in [6.07, 6.45) is 4.38. The van der Waals surface area contributed by atoms with Crippen LogP contribution in [0.3, 0.4) is 0 Å². The van der Waals surface area contributed by atoms with Gasteiger partial charge in [0.25, 0.3) is 0 Å². The van der Waals surface area contributed by atoms with Crippen LogP contribution in [0.2, 0.25) is 0 Å². The fourth-order valence-corrected chi connectivity index (χ4v) is 2.58.